The summed E-state index contributed by atoms with van der Waals surface area (Å²) in [5.74, 6) is -0.391. The highest BCUT2D eigenvalue weighted by molar-refractivity contribution is 7.91. The Morgan fingerprint density at radius 1 is 1.29 bits per heavy atom. The first-order valence-electron chi connectivity index (χ1n) is 9.81. The molecule has 1 heterocycles. The van der Waals surface area contributed by atoms with Gasteiger partial charge in [0.05, 0.1) is 28.8 Å². The Morgan fingerprint density at radius 3 is 2.54 bits per heavy atom. The van der Waals surface area contributed by atoms with Crippen molar-refractivity contribution in [3.05, 3.63) is 29.8 Å². The quantitative estimate of drug-likeness (QED) is 0.683. The highest BCUT2D eigenvalue weighted by atomic mass is 32.2. The summed E-state index contributed by atoms with van der Waals surface area (Å²) in [6.45, 7) is 6.56. The predicted octanol–water partition coefficient (Wildman–Crippen LogP) is 2.04. The fraction of sp³-hybridized carbons (Fsp3) is 0.600. The van der Waals surface area contributed by atoms with Gasteiger partial charge in [-0.05, 0) is 51.2 Å². The molecule has 0 aliphatic carbocycles. The third-order valence-corrected chi connectivity index (χ3v) is 6.85. The van der Waals surface area contributed by atoms with Gasteiger partial charge in [0.25, 0.3) is 5.91 Å². The molecular weight excluding hydrogens is 378 g/mol. The highest BCUT2D eigenvalue weighted by Crippen LogP contribution is 2.24. The van der Waals surface area contributed by atoms with Gasteiger partial charge in [0.1, 0.15) is 0 Å². The molecule has 1 aromatic rings. The summed E-state index contributed by atoms with van der Waals surface area (Å²) in [5, 5.41) is 2.76. The van der Waals surface area contributed by atoms with Crippen molar-refractivity contribution in [2.24, 2.45) is 11.7 Å². The summed E-state index contributed by atoms with van der Waals surface area (Å²) in [6.07, 6.45) is 1.70. The van der Waals surface area contributed by atoms with Gasteiger partial charge in [-0.2, -0.15) is 0 Å². The van der Waals surface area contributed by atoms with Gasteiger partial charge in [-0.3, -0.25) is 9.59 Å². The molecular formula is C20H31N3O4S. The minimum absolute atomic E-state index is 0.0442. The number of nitrogens with two attached hydrogens (primary N) is 1. The summed E-state index contributed by atoms with van der Waals surface area (Å²) in [7, 11) is -3.00. The molecule has 0 bridgehead atoms. The van der Waals surface area contributed by atoms with Gasteiger partial charge in [-0.25, -0.2) is 8.42 Å². The van der Waals surface area contributed by atoms with Gasteiger partial charge >= 0.3 is 0 Å². The van der Waals surface area contributed by atoms with Crippen molar-refractivity contribution in [3.63, 3.8) is 0 Å². The lowest BCUT2D eigenvalue weighted by Crippen LogP contribution is -2.40. The third-order valence-electron chi connectivity index (χ3n) is 5.01. The average Bonchev–Trinajstić information content (AvgIpc) is 2.97. The second-order valence-corrected chi connectivity index (χ2v) is 9.97. The number of carbonyl (C=O) groups is 2. The van der Waals surface area contributed by atoms with Crippen LogP contribution >= 0.6 is 0 Å². The molecule has 1 aromatic carbocycles. The second-order valence-electron chi connectivity index (χ2n) is 7.74. The van der Waals surface area contributed by atoms with Gasteiger partial charge in [0.2, 0.25) is 5.91 Å². The van der Waals surface area contributed by atoms with Gasteiger partial charge in [-0.15, -0.1) is 0 Å². The number of benzene rings is 1. The van der Waals surface area contributed by atoms with Crippen molar-refractivity contribution in [2.45, 2.75) is 52.1 Å². The maximum Gasteiger partial charge on any atom is 0.256 e. The molecule has 3 N–H and O–H groups in total. The van der Waals surface area contributed by atoms with E-state index in [0.717, 1.165) is 6.42 Å². The number of sulfone groups is 1. The first-order valence-corrected chi connectivity index (χ1v) is 11.6. The van der Waals surface area contributed by atoms with E-state index in [1.807, 2.05) is 20.8 Å². The van der Waals surface area contributed by atoms with E-state index in [0.29, 0.717) is 30.6 Å². The zero-order valence-corrected chi connectivity index (χ0v) is 17.7. The summed E-state index contributed by atoms with van der Waals surface area (Å²) in [6, 6.07) is 6.11. The Hall–Kier alpha value is -1.93. The summed E-state index contributed by atoms with van der Waals surface area (Å²) in [4.78, 5) is 27.3. The Labute approximate surface area is 167 Å². The Bertz CT molecular complexity index is 807. The van der Waals surface area contributed by atoms with Crippen molar-refractivity contribution in [1.82, 2.24) is 4.90 Å². The summed E-state index contributed by atoms with van der Waals surface area (Å²) >= 11 is 0. The maximum atomic E-state index is 13.0. The molecule has 8 heteroatoms. The Balaban J connectivity index is 2.09. The Morgan fingerprint density at radius 2 is 1.96 bits per heavy atom. The SMILES string of the molecule is CCCN(C(=O)c1ccccc1NC(=O)C(N)CC1CCS(=O)(=O)C1)C(C)C. The van der Waals surface area contributed by atoms with Crippen LogP contribution < -0.4 is 11.1 Å². The van der Waals surface area contributed by atoms with E-state index in [9.17, 15) is 18.0 Å². The molecule has 28 heavy (non-hydrogen) atoms. The van der Waals surface area contributed by atoms with Crippen LogP contribution in [0, 0.1) is 5.92 Å². The van der Waals surface area contributed by atoms with Crippen LogP contribution in [0.3, 0.4) is 0 Å². The molecule has 1 aliphatic rings. The topological polar surface area (TPSA) is 110 Å². The van der Waals surface area contributed by atoms with E-state index < -0.39 is 21.8 Å². The molecule has 1 fully saturated rings. The van der Waals surface area contributed by atoms with Crippen molar-refractivity contribution in [2.75, 3.05) is 23.4 Å². The standard InChI is InChI=1S/C20H31N3O4S/c1-4-10-23(14(2)3)20(25)16-7-5-6-8-18(16)22-19(24)17(21)12-15-9-11-28(26,27)13-15/h5-8,14-15,17H,4,9-13,21H2,1-3H3,(H,22,24). The fourth-order valence-electron chi connectivity index (χ4n) is 3.52. The molecule has 0 saturated carbocycles. The molecule has 0 radical (unpaired) electrons. The predicted molar refractivity (Wildman–Crippen MR) is 111 cm³/mol. The van der Waals surface area contributed by atoms with Crippen LogP contribution in [-0.2, 0) is 14.6 Å². The minimum atomic E-state index is -3.00. The van der Waals surface area contributed by atoms with E-state index in [1.54, 1.807) is 29.2 Å². The molecule has 2 rings (SSSR count). The van der Waals surface area contributed by atoms with E-state index >= 15 is 0 Å². The molecule has 1 saturated heterocycles. The first-order chi connectivity index (χ1) is 13.1. The lowest BCUT2D eigenvalue weighted by molar-refractivity contribution is -0.117. The molecule has 7 nitrogen and oxygen atoms in total. The summed E-state index contributed by atoms with van der Waals surface area (Å²) in [5.41, 5.74) is 6.86. The molecule has 156 valence electrons. The Kier molecular flexibility index (Phi) is 7.60. The van der Waals surface area contributed by atoms with Crippen molar-refractivity contribution < 1.29 is 18.0 Å². The van der Waals surface area contributed by atoms with Gasteiger partial charge in [-0.1, -0.05) is 19.1 Å². The van der Waals surface area contributed by atoms with Gasteiger partial charge < -0.3 is 16.0 Å². The lowest BCUT2D eigenvalue weighted by atomic mass is 9.99. The normalized spacial score (nSPS) is 19.4. The molecule has 2 atom stereocenters. The van der Waals surface area contributed by atoms with Crippen LogP contribution in [0.25, 0.3) is 0 Å². The third kappa shape index (κ3) is 5.78. The maximum absolute atomic E-state index is 13.0. The molecule has 2 amide bonds. The molecule has 1 aliphatic heterocycles. The van der Waals surface area contributed by atoms with E-state index in [1.165, 1.54) is 0 Å². The zero-order valence-electron chi connectivity index (χ0n) is 16.8. The molecule has 0 aromatic heterocycles. The van der Waals surface area contributed by atoms with Crippen LogP contribution in [0.2, 0.25) is 0 Å². The van der Waals surface area contributed by atoms with Crippen molar-refractivity contribution in [1.29, 1.82) is 0 Å². The average molecular weight is 410 g/mol. The second kappa shape index (κ2) is 9.52. The van der Waals surface area contributed by atoms with E-state index in [4.69, 9.17) is 5.73 Å². The van der Waals surface area contributed by atoms with Crippen LogP contribution in [0.4, 0.5) is 5.69 Å². The van der Waals surface area contributed by atoms with E-state index in [2.05, 4.69) is 5.32 Å². The number of carbonyl (C=O) groups excluding carboxylic acids is 2. The van der Waals surface area contributed by atoms with Gasteiger partial charge in [0.15, 0.2) is 9.84 Å². The van der Waals surface area contributed by atoms with Gasteiger partial charge in [0, 0.05) is 12.6 Å². The largest absolute Gasteiger partial charge is 0.336 e. The number of amides is 2. The first kappa shape index (κ1) is 22.4. The number of rotatable bonds is 8. The molecule has 0 spiro atoms. The monoisotopic (exact) mass is 409 g/mol. The van der Waals surface area contributed by atoms with Crippen LogP contribution in [0.15, 0.2) is 24.3 Å². The number of para-hydroxylation sites is 1. The number of nitrogens with one attached hydrogen (secondary N) is 1. The van der Waals surface area contributed by atoms with E-state index in [-0.39, 0.29) is 29.4 Å². The number of hydrogen-bond acceptors (Lipinski definition) is 5. The number of anilines is 1. The van der Waals surface area contributed by atoms with Crippen LogP contribution in [-0.4, -0.2) is 55.3 Å². The molecule has 2 unspecified atom stereocenters. The van der Waals surface area contributed by atoms with Crippen molar-refractivity contribution >= 4 is 27.3 Å². The van der Waals surface area contributed by atoms with Crippen LogP contribution in [0.1, 0.15) is 50.4 Å². The smallest absolute Gasteiger partial charge is 0.256 e. The van der Waals surface area contributed by atoms with Crippen LogP contribution in [0.5, 0.6) is 0 Å². The number of hydrogen-bond donors (Lipinski definition) is 2. The van der Waals surface area contributed by atoms with Crippen molar-refractivity contribution in [3.8, 4) is 0 Å². The lowest BCUT2D eigenvalue weighted by Gasteiger charge is -2.27. The zero-order chi connectivity index (χ0) is 20.9. The number of nitrogens with zero attached hydrogens (tertiary/aromatic N) is 1. The minimum Gasteiger partial charge on any atom is -0.336 e. The fourth-order valence-corrected chi connectivity index (χ4v) is 5.40. The highest BCUT2D eigenvalue weighted by Gasteiger charge is 2.31. The summed E-state index contributed by atoms with van der Waals surface area (Å²) < 4.78 is 23.2.